The maximum atomic E-state index is 12.6. The van der Waals surface area contributed by atoms with Crippen LogP contribution in [0.15, 0.2) is 53.4 Å². The summed E-state index contributed by atoms with van der Waals surface area (Å²) in [5.74, 6) is 0.277. The van der Waals surface area contributed by atoms with Gasteiger partial charge in [-0.1, -0.05) is 23.7 Å². The first kappa shape index (κ1) is 37.6. The van der Waals surface area contributed by atoms with Crippen molar-refractivity contribution in [3.05, 3.63) is 64.7 Å². The van der Waals surface area contributed by atoms with Crippen LogP contribution in [0.1, 0.15) is 48.4 Å². The number of rotatable bonds is 6. The summed E-state index contributed by atoms with van der Waals surface area (Å²) in [7, 11) is 0. The molecule has 0 saturated carbocycles. The van der Waals surface area contributed by atoms with E-state index in [2.05, 4.69) is 22.4 Å². The van der Waals surface area contributed by atoms with Crippen LogP contribution in [0.3, 0.4) is 0 Å². The van der Waals surface area contributed by atoms with Gasteiger partial charge in [-0.05, 0) is 64.1 Å². The molecule has 6 nitrogen and oxygen atoms in total. The summed E-state index contributed by atoms with van der Waals surface area (Å²) in [6.07, 6.45) is 0. The van der Waals surface area contributed by atoms with Gasteiger partial charge >= 0.3 is 43.6 Å². The third-order valence-corrected chi connectivity index (χ3v) is 7.50. The summed E-state index contributed by atoms with van der Waals surface area (Å²) in [5.41, 5.74) is 0.458. The number of thiol groups is 1. The Labute approximate surface area is 279 Å². The Hall–Kier alpha value is 0.610. The van der Waals surface area contributed by atoms with Gasteiger partial charge < -0.3 is 9.47 Å². The van der Waals surface area contributed by atoms with Gasteiger partial charge in [-0.3, -0.25) is 19.4 Å². The topological polar surface area (TPSA) is 59.1 Å². The third-order valence-electron chi connectivity index (χ3n) is 6.95. The van der Waals surface area contributed by atoms with E-state index < -0.39 is 11.1 Å². The van der Waals surface area contributed by atoms with Crippen molar-refractivity contribution in [3.63, 3.8) is 0 Å². The van der Waals surface area contributed by atoms with Gasteiger partial charge in [-0.25, -0.2) is 0 Å². The molecule has 2 fully saturated rings. The third kappa shape index (κ3) is 11.0. The monoisotopic (exact) mass is 612 g/mol. The van der Waals surface area contributed by atoms with Crippen molar-refractivity contribution < 1.29 is 19.1 Å². The zero-order chi connectivity index (χ0) is 28.3. The number of ketones is 2. The second kappa shape index (κ2) is 18.3. The van der Waals surface area contributed by atoms with Gasteiger partial charge in [0.15, 0.2) is 11.6 Å². The fourth-order valence-electron chi connectivity index (χ4n) is 4.45. The number of Topliss-reactive ketones (excluding diaryl/α,β-unsaturated/α-hetero) is 2. The van der Waals surface area contributed by atoms with Gasteiger partial charge in [0.2, 0.25) is 0 Å². The van der Waals surface area contributed by atoms with Crippen LogP contribution in [0.5, 0.6) is 0 Å². The van der Waals surface area contributed by atoms with Crippen LogP contribution in [0.4, 0.5) is 0 Å². The van der Waals surface area contributed by atoms with E-state index >= 15 is 0 Å². The molecule has 2 heterocycles. The molecule has 0 amide bonds. The number of carbonyl (C=O) groups excluding carboxylic acids is 2. The molecule has 0 N–H and O–H groups in total. The van der Waals surface area contributed by atoms with Crippen molar-refractivity contribution in [2.24, 2.45) is 0 Å². The number of carbonyl (C=O) groups is 2. The molecule has 206 valence electrons. The zero-order valence-electron chi connectivity index (χ0n) is 24.1. The first-order chi connectivity index (χ1) is 18.0. The molecular weight excluding hydrogens is 574 g/mol. The van der Waals surface area contributed by atoms with E-state index in [9.17, 15) is 9.59 Å². The molecule has 2 aliphatic heterocycles. The van der Waals surface area contributed by atoms with Crippen LogP contribution >= 0.6 is 37.7 Å². The molecule has 4 rings (SSSR count). The molecule has 0 unspecified atom stereocenters. The van der Waals surface area contributed by atoms with Gasteiger partial charge in [-0.2, -0.15) is 13.5 Å². The first-order valence-electron chi connectivity index (χ1n) is 13.3. The van der Waals surface area contributed by atoms with E-state index in [-0.39, 0.29) is 25.1 Å². The SMILES string of the molecule is CC(C)(C(=O)c1ccc(Cl)cc1)N1CCOCC1.CC(C)(C(=O)c1ccc(S)cc1)N1CCOCC1.S.[Na][Na]. The normalized spacial score (nSPS) is 16.6. The number of hydrogen-bond acceptors (Lipinski definition) is 7. The standard InChI is InChI=1S/C14H18ClNO2.C14H19NO2S.2Na.H2S/c1-14(2,16-7-9-18-10-8-16)13(17)11-3-5-12(15)6-4-11;1-14(2,15-7-9-17-10-8-15)13(16)11-3-5-12(18)6-4-11;;;/h3-6H,7-10H2,1-2H3;3-6,18H,7-10H2,1-2H3;;;1H2. The summed E-state index contributed by atoms with van der Waals surface area (Å²) in [6, 6.07) is 14.5. The zero-order valence-corrected chi connectivity index (χ0v) is 30.8. The fraction of sp³-hybridized carbons (Fsp3) is 0.500. The van der Waals surface area contributed by atoms with Gasteiger partial charge in [0.05, 0.1) is 37.5 Å². The van der Waals surface area contributed by atoms with Crippen molar-refractivity contribution in [1.29, 1.82) is 0 Å². The summed E-state index contributed by atoms with van der Waals surface area (Å²) < 4.78 is 10.7. The average Bonchev–Trinajstić information content (AvgIpc) is 2.95. The number of halogens is 1. The van der Waals surface area contributed by atoms with Gasteiger partial charge in [0.25, 0.3) is 0 Å². The molecule has 0 spiro atoms. The molecular formula is C28H39ClN2Na2O4S2. The number of benzene rings is 2. The van der Waals surface area contributed by atoms with Gasteiger partial charge in [0, 0.05) is 47.2 Å². The van der Waals surface area contributed by atoms with Crippen molar-refractivity contribution in [3.8, 4) is 0 Å². The molecule has 0 aliphatic carbocycles. The van der Waals surface area contributed by atoms with Crippen LogP contribution in [0, 0.1) is 0 Å². The predicted octanol–water partition coefficient (Wildman–Crippen LogP) is 4.25. The van der Waals surface area contributed by atoms with E-state index in [1.807, 2.05) is 52.0 Å². The van der Waals surface area contributed by atoms with Crippen molar-refractivity contribution in [2.75, 3.05) is 52.6 Å². The van der Waals surface area contributed by atoms with E-state index in [4.69, 9.17) is 21.1 Å². The molecule has 11 heteroatoms. The summed E-state index contributed by atoms with van der Waals surface area (Å²) in [5, 5.41) is 0.649. The molecule has 0 bridgehead atoms. The first-order valence-corrected chi connectivity index (χ1v) is 22.2. The molecule has 0 aromatic heterocycles. The molecule has 2 aliphatic rings. The van der Waals surface area contributed by atoms with E-state index in [0.717, 1.165) is 36.6 Å². The Balaban J connectivity index is 0.000000358. The number of nitrogens with zero attached hydrogens (tertiary/aromatic N) is 2. The van der Waals surface area contributed by atoms with Crippen LogP contribution in [0.2, 0.25) is 5.02 Å². The second-order valence-electron chi connectivity index (χ2n) is 10.0. The number of morpholine rings is 2. The quantitative estimate of drug-likeness (QED) is 0.299. The number of hydrogen-bond donors (Lipinski definition) is 1. The van der Waals surface area contributed by atoms with Crippen molar-refractivity contribution in [1.82, 2.24) is 9.80 Å². The Morgan fingerprint density at radius 3 is 1.36 bits per heavy atom. The second-order valence-corrected chi connectivity index (χ2v) is 11.0. The Morgan fingerprint density at radius 2 is 1.03 bits per heavy atom. The minimum atomic E-state index is -0.502. The Kier molecular flexibility index (Phi) is 17.7. The number of ether oxygens (including phenoxy) is 2. The molecule has 2 aromatic carbocycles. The molecule has 2 aromatic rings. The van der Waals surface area contributed by atoms with Crippen molar-refractivity contribution in [2.45, 2.75) is 43.7 Å². The molecule has 39 heavy (non-hydrogen) atoms. The van der Waals surface area contributed by atoms with Crippen LogP contribution in [0.25, 0.3) is 0 Å². The minimum absolute atomic E-state index is 0. The molecule has 0 radical (unpaired) electrons. The van der Waals surface area contributed by atoms with Crippen LogP contribution in [-0.4, -0.2) is 129 Å². The van der Waals surface area contributed by atoms with E-state index in [1.165, 1.54) is 43.6 Å². The van der Waals surface area contributed by atoms with Crippen LogP contribution < -0.4 is 0 Å². The Morgan fingerprint density at radius 1 is 0.718 bits per heavy atom. The maximum absolute atomic E-state index is 12.6. The summed E-state index contributed by atoms with van der Waals surface area (Å²) in [6.45, 7) is 13.9. The fourth-order valence-corrected chi connectivity index (χ4v) is 4.73. The average molecular weight is 613 g/mol. The molecule has 2 saturated heterocycles. The van der Waals surface area contributed by atoms with E-state index in [0.29, 0.717) is 37.0 Å². The van der Waals surface area contributed by atoms with Crippen molar-refractivity contribution >= 4 is 92.9 Å². The summed E-state index contributed by atoms with van der Waals surface area (Å²) >= 11 is 13.0. The van der Waals surface area contributed by atoms with E-state index in [1.54, 1.807) is 24.3 Å². The molecule has 0 atom stereocenters. The Bertz CT molecular complexity index is 945. The summed E-state index contributed by atoms with van der Waals surface area (Å²) in [4.78, 5) is 30.4. The predicted molar refractivity (Wildman–Crippen MR) is 169 cm³/mol. The van der Waals surface area contributed by atoms with Gasteiger partial charge in [0.1, 0.15) is 0 Å². The van der Waals surface area contributed by atoms with Crippen LogP contribution in [-0.2, 0) is 9.47 Å². The van der Waals surface area contributed by atoms with Gasteiger partial charge in [-0.15, -0.1) is 12.6 Å².